The van der Waals surface area contributed by atoms with Crippen LogP contribution in [-0.4, -0.2) is 26.9 Å². The van der Waals surface area contributed by atoms with E-state index in [0.29, 0.717) is 24.4 Å². The van der Waals surface area contributed by atoms with E-state index >= 15 is 0 Å². The summed E-state index contributed by atoms with van der Waals surface area (Å²) in [5.74, 6) is -0.364. The molecule has 0 saturated heterocycles. The first kappa shape index (κ1) is 12.2. The number of esters is 1. The topological polar surface area (TPSA) is 75.1 Å². The lowest BCUT2D eigenvalue weighted by atomic mass is 10.3. The summed E-state index contributed by atoms with van der Waals surface area (Å²) >= 11 is 0. The minimum absolute atomic E-state index is 0.323. The first-order valence-corrected chi connectivity index (χ1v) is 5.64. The molecule has 0 fully saturated rings. The Balaban J connectivity index is 1.89. The summed E-state index contributed by atoms with van der Waals surface area (Å²) in [5, 5.41) is 4.05. The maximum absolute atomic E-state index is 11.8. The van der Waals surface area contributed by atoms with E-state index in [4.69, 9.17) is 10.5 Å². The van der Waals surface area contributed by atoms with E-state index in [1.807, 2.05) is 13.1 Å². The van der Waals surface area contributed by atoms with Crippen LogP contribution in [0.4, 0.5) is 5.69 Å². The van der Waals surface area contributed by atoms with Crippen LogP contribution in [0, 0.1) is 0 Å². The number of nitrogen functional groups attached to an aromatic ring is 1. The molecular weight excluding hydrogens is 232 g/mol. The molecule has 18 heavy (non-hydrogen) atoms. The van der Waals surface area contributed by atoms with Gasteiger partial charge in [0.2, 0.25) is 0 Å². The maximum Gasteiger partial charge on any atom is 0.355 e. The molecule has 0 aromatic carbocycles. The van der Waals surface area contributed by atoms with Gasteiger partial charge < -0.3 is 15.0 Å². The zero-order valence-electron chi connectivity index (χ0n) is 10.5. The van der Waals surface area contributed by atoms with Crippen LogP contribution < -0.4 is 5.73 Å². The number of nitrogens with zero attached hydrogens (tertiary/aromatic N) is 3. The van der Waals surface area contributed by atoms with Gasteiger partial charge in [0.1, 0.15) is 5.69 Å². The molecule has 2 aromatic rings. The Morgan fingerprint density at radius 3 is 2.83 bits per heavy atom. The average Bonchev–Trinajstić information content (AvgIpc) is 2.85. The molecule has 2 N–H and O–H groups in total. The van der Waals surface area contributed by atoms with Gasteiger partial charge in [0.15, 0.2) is 0 Å². The summed E-state index contributed by atoms with van der Waals surface area (Å²) in [4.78, 5) is 11.8. The fourth-order valence-corrected chi connectivity index (χ4v) is 1.76. The molecule has 2 heterocycles. The quantitative estimate of drug-likeness (QED) is 0.810. The van der Waals surface area contributed by atoms with Crippen LogP contribution in [0.25, 0.3) is 0 Å². The lowest BCUT2D eigenvalue weighted by Gasteiger charge is -2.05. The van der Waals surface area contributed by atoms with Crippen molar-refractivity contribution in [1.82, 2.24) is 14.3 Å². The minimum atomic E-state index is -0.364. The highest BCUT2D eigenvalue weighted by Crippen LogP contribution is 2.10. The Hall–Kier alpha value is -2.24. The minimum Gasteiger partial charge on any atom is -0.461 e. The fourth-order valence-electron chi connectivity index (χ4n) is 1.76. The number of aromatic nitrogens is 3. The Bertz CT molecular complexity index is 556. The van der Waals surface area contributed by atoms with E-state index in [9.17, 15) is 4.79 Å². The highest BCUT2D eigenvalue weighted by molar-refractivity contribution is 5.89. The predicted molar refractivity (Wildman–Crippen MR) is 67.0 cm³/mol. The van der Waals surface area contributed by atoms with Gasteiger partial charge in [0.25, 0.3) is 0 Å². The third-order valence-electron chi connectivity index (χ3n) is 2.75. The van der Waals surface area contributed by atoms with Gasteiger partial charge in [0, 0.05) is 38.6 Å². The maximum atomic E-state index is 11.8. The molecule has 0 aliphatic carbocycles. The van der Waals surface area contributed by atoms with Crippen LogP contribution in [0.15, 0.2) is 24.5 Å². The van der Waals surface area contributed by atoms with Crippen molar-refractivity contribution in [1.29, 1.82) is 0 Å². The van der Waals surface area contributed by atoms with Gasteiger partial charge in [0.05, 0.1) is 12.3 Å². The van der Waals surface area contributed by atoms with Gasteiger partial charge in [-0.3, -0.25) is 4.68 Å². The first-order chi connectivity index (χ1) is 8.58. The zero-order chi connectivity index (χ0) is 13.1. The Kier molecular flexibility index (Phi) is 3.36. The number of hydrogen-bond donors (Lipinski definition) is 1. The second-order valence-electron chi connectivity index (χ2n) is 4.10. The molecule has 2 rings (SSSR count). The first-order valence-electron chi connectivity index (χ1n) is 5.64. The van der Waals surface area contributed by atoms with Gasteiger partial charge in [-0.1, -0.05) is 0 Å². The van der Waals surface area contributed by atoms with Gasteiger partial charge in [-0.25, -0.2) is 4.79 Å². The Labute approximate surface area is 105 Å². The zero-order valence-corrected chi connectivity index (χ0v) is 10.5. The molecule has 0 aliphatic heterocycles. The van der Waals surface area contributed by atoms with Crippen LogP contribution in [0.5, 0.6) is 0 Å². The summed E-state index contributed by atoms with van der Waals surface area (Å²) in [5.41, 5.74) is 7.63. The number of carbonyl (C=O) groups excluding carboxylic acids is 1. The molecular formula is C12H16N4O2. The molecule has 6 heteroatoms. The van der Waals surface area contributed by atoms with Crippen molar-refractivity contribution in [2.45, 2.75) is 6.42 Å². The standard InChI is InChI=1S/C12H16N4O2/c1-15-8-9(13)7-11(15)12(17)18-6-4-10-3-5-14-16(10)2/h3,5,7-8H,4,6,13H2,1-2H3. The Morgan fingerprint density at radius 2 is 2.28 bits per heavy atom. The van der Waals surface area contributed by atoms with E-state index in [1.165, 1.54) is 0 Å². The van der Waals surface area contributed by atoms with Crippen LogP contribution >= 0.6 is 0 Å². The molecule has 0 spiro atoms. The molecule has 0 amide bonds. The molecule has 0 bridgehead atoms. The molecule has 0 unspecified atom stereocenters. The second-order valence-corrected chi connectivity index (χ2v) is 4.10. The van der Waals surface area contributed by atoms with Gasteiger partial charge in [-0.2, -0.15) is 5.10 Å². The van der Waals surface area contributed by atoms with E-state index in [-0.39, 0.29) is 5.97 Å². The second kappa shape index (κ2) is 4.95. The number of aryl methyl sites for hydroxylation is 2. The van der Waals surface area contributed by atoms with E-state index in [1.54, 1.807) is 34.8 Å². The molecule has 2 aromatic heterocycles. The van der Waals surface area contributed by atoms with Gasteiger partial charge >= 0.3 is 5.97 Å². The number of rotatable bonds is 4. The van der Waals surface area contributed by atoms with Crippen LogP contribution in [0.3, 0.4) is 0 Å². The van der Waals surface area contributed by atoms with Crippen molar-refractivity contribution in [3.8, 4) is 0 Å². The number of nitrogens with two attached hydrogens (primary N) is 1. The fraction of sp³-hybridized carbons (Fsp3) is 0.333. The van der Waals surface area contributed by atoms with Crippen LogP contribution in [0.1, 0.15) is 16.2 Å². The molecule has 0 aliphatic rings. The average molecular weight is 248 g/mol. The number of anilines is 1. The highest BCUT2D eigenvalue weighted by Gasteiger charge is 2.12. The number of carbonyl (C=O) groups is 1. The van der Waals surface area contributed by atoms with Crippen molar-refractivity contribution in [2.24, 2.45) is 14.1 Å². The van der Waals surface area contributed by atoms with E-state index in [0.717, 1.165) is 5.69 Å². The molecule has 6 nitrogen and oxygen atoms in total. The third kappa shape index (κ3) is 2.53. The summed E-state index contributed by atoms with van der Waals surface area (Å²) in [6.07, 6.45) is 4.04. The Morgan fingerprint density at radius 1 is 1.50 bits per heavy atom. The van der Waals surface area contributed by atoms with Crippen LogP contribution in [-0.2, 0) is 25.3 Å². The van der Waals surface area contributed by atoms with Crippen molar-refractivity contribution in [3.05, 3.63) is 35.9 Å². The van der Waals surface area contributed by atoms with Crippen molar-refractivity contribution < 1.29 is 9.53 Å². The summed E-state index contributed by atoms with van der Waals surface area (Å²) < 4.78 is 8.61. The molecule has 0 saturated carbocycles. The number of hydrogen-bond acceptors (Lipinski definition) is 4. The van der Waals surface area contributed by atoms with Gasteiger partial charge in [-0.05, 0) is 12.1 Å². The largest absolute Gasteiger partial charge is 0.461 e. The highest BCUT2D eigenvalue weighted by atomic mass is 16.5. The SMILES string of the molecule is Cn1cc(N)cc1C(=O)OCCc1ccnn1C. The summed E-state index contributed by atoms with van der Waals surface area (Å²) in [6, 6.07) is 3.50. The number of ether oxygens (including phenoxy) is 1. The monoisotopic (exact) mass is 248 g/mol. The normalized spacial score (nSPS) is 10.6. The molecule has 0 atom stereocenters. The van der Waals surface area contributed by atoms with Crippen molar-refractivity contribution >= 4 is 11.7 Å². The van der Waals surface area contributed by atoms with Crippen LogP contribution in [0.2, 0.25) is 0 Å². The summed E-state index contributed by atoms with van der Waals surface area (Å²) in [7, 11) is 3.61. The predicted octanol–water partition coefficient (Wildman–Crippen LogP) is 0.740. The molecule has 96 valence electrons. The van der Waals surface area contributed by atoms with Gasteiger partial charge in [-0.15, -0.1) is 0 Å². The van der Waals surface area contributed by atoms with Crippen molar-refractivity contribution in [2.75, 3.05) is 12.3 Å². The van der Waals surface area contributed by atoms with E-state index < -0.39 is 0 Å². The van der Waals surface area contributed by atoms with E-state index in [2.05, 4.69) is 5.10 Å². The molecule has 0 radical (unpaired) electrons. The third-order valence-corrected chi connectivity index (χ3v) is 2.75. The summed E-state index contributed by atoms with van der Waals surface area (Å²) in [6.45, 7) is 0.323. The smallest absolute Gasteiger partial charge is 0.355 e. The lowest BCUT2D eigenvalue weighted by molar-refractivity contribution is 0.0496. The lowest BCUT2D eigenvalue weighted by Crippen LogP contribution is -2.12. The van der Waals surface area contributed by atoms with Crippen molar-refractivity contribution in [3.63, 3.8) is 0 Å².